The van der Waals surface area contributed by atoms with Crippen LogP contribution in [-0.2, 0) is 10.0 Å². The summed E-state index contributed by atoms with van der Waals surface area (Å²) in [5, 5.41) is 19.7. The van der Waals surface area contributed by atoms with Crippen LogP contribution in [-0.4, -0.2) is 28.6 Å². The van der Waals surface area contributed by atoms with E-state index in [-0.39, 0.29) is 4.90 Å². The van der Waals surface area contributed by atoms with Crippen LogP contribution < -0.4 is 4.72 Å². The Morgan fingerprint density at radius 3 is 2.60 bits per heavy atom. The van der Waals surface area contributed by atoms with Crippen LogP contribution in [0.15, 0.2) is 59.8 Å². The summed E-state index contributed by atoms with van der Waals surface area (Å²) in [5.41, 5.74) is 1.83. The molecule has 9 heteroatoms. The third kappa shape index (κ3) is 3.71. The largest absolute Gasteiger partial charge is 0.241 e. The SMILES string of the molecule is CC(NS(=O)(=O)c1cccc(-n2cnnn2)c1)c1ccc(C#N)cc1. The van der Waals surface area contributed by atoms with Gasteiger partial charge < -0.3 is 0 Å². The molecule has 0 spiro atoms. The van der Waals surface area contributed by atoms with Crippen molar-refractivity contribution in [3.8, 4) is 11.8 Å². The topological polar surface area (TPSA) is 114 Å². The van der Waals surface area contributed by atoms with Crippen LogP contribution in [0.4, 0.5) is 0 Å². The molecule has 8 nitrogen and oxygen atoms in total. The minimum absolute atomic E-state index is 0.112. The van der Waals surface area contributed by atoms with Crippen LogP contribution in [0, 0.1) is 11.3 Å². The number of hydrogen-bond donors (Lipinski definition) is 1. The molecule has 0 aliphatic carbocycles. The molecule has 0 amide bonds. The first-order valence-corrected chi connectivity index (χ1v) is 8.84. The molecule has 1 N–H and O–H groups in total. The zero-order chi connectivity index (χ0) is 17.9. The van der Waals surface area contributed by atoms with Crippen LogP contribution in [0.2, 0.25) is 0 Å². The van der Waals surface area contributed by atoms with Crippen molar-refractivity contribution >= 4 is 10.0 Å². The lowest BCUT2D eigenvalue weighted by Crippen LogP contribution is -2.27. The van der Waals surface area contributed by atoms with Gasteiger partial charge in [0.05, 0.1) is 22.2 Å². The molecule has 1 unspecified atom stereocenters. The molecule has 25 heavy (non-hydrogen) atoms. The van der Waals surface area contributed by atoms with E-state index >= 15 is 0 Å². The number of tetrazole rings is 1. The lowest BCUT2D eigenvalue weighted by atomic mass is 10.1. The van der Waals surface area contributed by atoms with Gasteiger partial charge in [-0.3, -0.25) is 0 Å². The van der Waals surface area contributed by atoms with Crippen molar-refractivity contribution in [2.75, 3.05) is 0 Å². The Balaban J connectivity index is 1.84. The van der Waals surface area contributed by atoms with Crippen LogP contribution in [0.5, 0.6) is 0 Å². The van der Waals surface area contributed by atoms with Gasteiger partial charge in [0.2, 0.25) is 10.0 Å². The van der Waals surface area contributed by atoms with E-state index in [2.05, 4.69) is 20.2 Å². The van der Waals surface area contributed by atoms with E-state index in [1.54, 1.807) is 43.3 Å². The maximum atomic E-state index is 12.6. The Morgan fingerprint density at radius 1 is 1.20 bits per heavy atom. The Bertz CT molecular complexity index is 1010. The van der Waals surface area contributed by atoms with Crippen molar-refractivity contribution in [1.29, 1.82) is 5.26 Å². The van der Waals surface area contributed by atoms with E-state index in [9.17, 15) is 8.42 Å². The van der Waals surface area contributed by atoms with Crippen molar-refractivity contribution in [3.63, 3.8) is 0 Å². The summed E-state index contributed by atoms with van der Waals surface area (Å²) in [4.78, 5) is 0.112. The summed E-state index contributed by atoms with van der Waals surface area (Å²) in [6.45, 7) is 1.74. The van der Waals surface area contributed by atoms with Crippen LogP contribution in [0.1, 0.15) is 24.1 Å². The lowest BCUT2D eigenvalue weighted by molar-refractivity contribution is 0.567. The molecular weight excluding hydrogens is 340 g/mol. The van der Waals surface area contributed by atoms with Gasteiger partial charge in [-0.05, 0) is 53.2 Å². The van der Waals surface area contributed by atoms with Gasteiger partial charge in [0.15, 0.2) is 0 Å². The number of hydrogen-bond acceptors (Lipinski definition) is 6. The Hall–Kier alpha value is -3.09. The first kappa shape index (κ1) is 16.8. The highest BCUT2D eigenvalue weighted by Gasteiger charge is 2.19. The van der Waals surface area contributed by atoms with E-state index in [4.69, 9.17) is 5.26 Å². The Morgan fingerprint density at radius 2 is 1.96 bits per heavy atom. The number of sulfonamides is 1. The molecule has 0 saturated carbocycles. The standard InChI is InChI=1S/C16H14N6O2S/c1-12(14-7-5-13(10-17)6-8-14)19-25(23,24)16-4-2-3-15(9-16)22-11-18-20-21-22/h2-9,11-12,19H,1H3. The smallest absolute Gasteiger partial charge is 0.207 e. The predicted molar refractivity (Wildman–Crippen MR) is 89.0 cm³/mol. The third-order valence-corrected chi connectivity index (χ3v) is 5.15. The molecule has 1 heterocycles. The molecule has 126 valence electrons. The van der Waals surface area contributed by atoms with Crippen molar-refractivity contribution in [3.05, 3.63) is 66.0 Å². The van der Waals surface area contributed by atoms with Gasteiger partial charge in [0.25, 0.3) is 0 Å². The van der Waals surface area contributed by atoms with E-state index < -0.39 is 16.1 Å². The molecular formula is C16H14N6O2S. The van der Waals surface area contributed by atoms with Crippen molar-refractivity contribution in [2.24, 2.45) is 0 Å². The molecule has 1 aromatic heterocycles. The van der Waals surface area contributed by atoms with E-state index in [0.29, 0.717) is 11.3 Å². The van der Waals surface area contributed by atoms with E-state index in [0.717, 1.165) is 5.56 Å². The van der Waals surface area contributed by atoms with Crippen molar-refractivity contribution in [1.82, 2.24) is 24.9 Å². The highest BCUT2D eigenvalue weighted by atomic mass is 32.2. The molecule has 3 aromatic rings. The minimum atomic E-state index is -3.73. The van der Waals surface area contributed by atoms with Gasteiger partial charge in [-0.1, -0.05) is 18.2 Å². The van der Waals surface area contributed by atoms with Crippen molar-refractivity contribution < 1.29 is 8.42 Å². The molecule has 0 aliphatic heterocycles. The van der Waals surface area contributed by atoms with Crippen molar-refractivity contribution in [2.45, 2.75) is 17.9 Å². The second-order valence-electron chi connectivity index (χ2n) is 5.33. The molecule has 3 rings (SSSR count). The number of nitrogens with zero attached hydrogens (tertiary/aromatic N) is 5. The van der Waals surface area contributed by atoms with E-state index in [1.165, 1.54) is 23.1 Å². The summed E-state index contributed by atoms with van der Waals surface area (Å²) in [5.74, 6) is 0. The normalized spacial score (nSPS) is 12.5. The summed E-state index contributed by atoms with van der Waals surface area (Å²) in [7, 11) is -3.73. The van der Waals surface area contributed by atoms with Gasteiger partial charge in [-0.15, -0.1) is 5.10 Å². The Kier molecular flexibility index (Phi) is 4.56. The van der Waals surface area contributed by atoms with Gasteiger partial charge in [0.1, 0.15) is 6.33 Å². The summed E-state index contributed by atoms with van der Waals surface area (Å²) >= 11 is 0. The number of nitriles is 1. The molecule has 0 saturated heterocycles. The highest BCUT2D eigenvalue weighted by Crippen LogP contribution is 2.19. The monoisotopic (exact) mass is 354 g/mol. The second-order valence-corrected chi connectivity index (χ2v) is 7.04. The molecule has 0 bridgehead atoms. The van der Waals surface area contributed by atoms with Gasteiger partial charge in [-0.2, -0.15) is 5.26 Å². The average molecular weight is 354 g/mol. The third-order valence-electron chi connectivity index (χ3n) is 3.61. The quantitative estimate of drug-likeness (QED) is 0.744. The fourth-order valence-corrected chi connectivity index (χ4v) is 3.56. The van der Waals surface area contributed by atoms with Crippen LogP contribution in [0.3, 0.4) is 0 Å². The van der Waals surface area contributed by atoms with Gasteiger partial charge in [-0.25, -0.2) is 17.8 Å². The fourth-order valence-electron chi connectivity index (χ4n) is 2.29. The zero-order valence-electron chi connectivity index (χ0n) is 13.2. The van der Waals surface area contributed by atoms with Gasteiger partial charge >= 0.3 is 0 Å². The Labute approximate surface area is 144 Å². The van der Waals surface area contributed by atoms with Gasteiger partial charge in [0, 0.05) is 6.04 Å². The average Bonchev–Trinajstić information content (AvgIpc) is 3.16. The summed E-state index contributed by atoms with van der Waals surface area (Å²) in [6, 6.07) is 14.7. The van der Waals surface area contributed by atoms with Crippen LogP contribution >= 0.6 is 0 Å². The van der Waals surface area contributed by atoms with Crippen LogP contribution in [0.25, 0.3) is 5.69 Å². The zero-order valence-corrected chi connectivity index (χ0v) is 14.1. The number of rotatable bonds is 5. The maximum Gasteiger partial charge on any atom is 0.241 e. The summed E-state index contributed by atoms with van der Waals surface area (Å²) < 4.78 is 29.3. The minimum Gasteiger partial charge on any atom is -0.207 e. The molecule has 1 atom stereocenters. The molecule has 0 fully saturated rings. The second kappa shape index (κ2) is 6.80. The molecule has 0 aliphatic rings. The lowest BCUT2D eigenvalue weighted by Gasteiger charge is -2.15. The maximum absolute atomic E-state index is 12.6. The predicted octanol–water partition coefficient (Wildman–Crippen LogP) is 1.57. The first-order chi connectivity index (χ1) is 12.0. The number of aromatic nitrogens is 4. The fraction of sp³-hybridized carbons (Fsp3) is 0.125. The highest BCUT2D eigenvalue weighted by molar-refractivity contribution is 7.89. The molecule has 0 radical (unpaired) electrons. The first-order valence-electron chi connectivity index (χ1n) is 7.35. The molecule has 2 aromatic carbocycles. The number of nitrogens with one attached hydrogen (secondary N) is 1. The number of benzene rings is 2. The van der Waals surface area contributed by atoms with E-state index in [1.807, 2.05) is 6.07 Å². The summed E-state index contributed by atoms with van der Waals surface area (Å²) in [6.07, 6.45) is 1.39.